The molecule has 3 nitrogen and oxygen atoms in total. The molecule has 4 rings (SSSR count). The third-order valence-corrected chi connectivity index (χ3v) is 5.00. The Hall–Kier alpha value is -2.20. The van der Waals surface area contributed by atoms with E-state index >= 15 is 0 Å². The standard InChI is InChI=1S/C18H17N3S/c1-11-7-12(2)9-14(8-11)20-18-19-10-13-3-4-16-15(5-6-22-16)17(13)21-18/h5-10H,3-4H2,1-2H3,(H,19,20,21)/p+1. The number of fused-ring (bicyclic) bond motifs is 3. The summed E-state index contributed by atoms with van der Waals surface area (Å²) in [5, 5.41) is 5.56. The van der Waals surface area contributed by atoms with E-state index in [0.717, 1.165) is 30.2 Å². The van der Waals surface area contributed by atoms with Gasteiger partial charge >= 0.3 is 5.95 Å². The summed E-state index contributed by atoms with van der Waals surface area (Å²) in [4.78, 5) is 9.56. The molecule has 0 radical (unpaired) electrons. The molecule has 0 bridgehead atoms. The number of nitrogens with one attached hydrogen (secondary N) is 2. The summed E-state index contributed by atoms with van der Waals surface area (Å²) in [6.07, 6.45) is 4.28. The Bertz CT molecular complexity index is 831. The predicted octanol–water partition coefficient (Wildman–Crippen LogP) is 4.08. The molecule has 1 aliphatic rings. The van der Waals surface area contributed by atoms with Crippen LogP contribution in [-0.4, -0.2) is 4.98 Å². The van der Waals surface area contributed by atoms with Crippen molar-refractivity contribution in [2.24, 2.45) is 0 Å². The third kappa shape index (κ3) is 2.40. The lowest BCUT2D eigenvalue weighted by Gasteiger charge is -2.12. The Balaban J connectivity index is 1.71. The Labute approximate surface area is 134 Å². The second kappa shape index (κ2) is 5.21. The Morgan fingerprint density at radius 1 is 1.14 bits per heavy atom. The molecule has 0 spiro atoms. The van der Waals surface area contributed by atoms with Gasteiger partial charge in [-0.2, -0.15) is 0 Å². The zero-order valence-corrected chi connectivity index (χ0v) is 13.6. The number of aryl methyl sites for hydroxylation is 4. The van der Waals surface area contributed by atoms with E-state index in [9.17, 15) is 0 Å². The van der Waals surface area contributed by atoms with Crippen LogP contribution >= 0.6 is 11.3 Å². The molecule has 2 aromatic heterocycles. The minimum absolute atomic E-state index is 0.794. The van der Waals surface area contributed by atoms with Crippen LogP contribution in [0, 0.1) is 13.8 Å². The van der Waals surface area contributed by atoms with Crippen LogP contribution in [0.25, 0.3) is 11.3 Å². The number of hydrogen-bond donors (Lipinski definition) is 1. The highest BCUT2D eigenvalue weighted by Gasteiger charge is 2.23. The third-order valence-electron chi connectivity index (χ3n) is 4.02. The number of aromatic nitrogens is 2. The van der Waals surface area contributed by atoms with Crippen molar-refractivity contribution < 1.29 is 4.98 Å². The number of anilines is 2. The Morgan fingerprint density at radius 2 is 1.95 bits per heavy atom. The summed E-state index contributed by atoms with van der Waals surface area (Å²) in [5.74, 6) is 0.794. The van der Waals surface area contributed by atoms with E-state index in [-0.39, 0.29) is 0 Å². The van der Waals surface area contributed by atoms with Crippen LogP contribution in [0.5, 0.6) is 0 Å². The van der Waals surface area contributed by atoms with Crippen molar-refractivity contribution in [2.45, 2.75) is 26.7 Å². The highest BCUT2D eigenvalue weighted by molar-refractivity contribution is 7.10. The number of rotatable bonds is 2. The first kappa shape index (κ1) is 13.5. The van der Waals surface area contributed by atoms with Gasteiger partial charge in [-0.25, -0.2) is 10.3 Å². The molecule has 110 valence electrons. The minimum atomic E-state index is 0.794. The van der Waals surface area contributed by atoms with Gasteiger partial charge in [0.05, 0.1) is 11.9 Å². The van der Waals surface area contributed by atoms with Gasteiger partial charge < -0.3 is 0 Å². The number of benzene rings is 1. The molecule has 0 aliphatic heterocycles. The van der Waals surface area contributed by atoms with Crippen LogP contribution in [0.15, 0.2) is 35.8 Å². The van der Waals surface area contributed by atoms with Crippen molar-refractivity contribution in [3.63, 3.8) is 0 Å². The maximum atomic E-state index is 4.82. The van der Waals surface area contributed by atoms with Crippen LogP contribution in [0.4, 0.5) is 11.6 Å². The van der Waals surface area contributed by atoms with Crippen LogP contribution in [0.2, 0.25) is 0 Å². The van der Waals surface area contributed by atoms with Crippen molar-refractivity contribution in [1.29, 1.82) is 0 Å². The predicted molar refractivity (Wildman–Crippen MR) is 90.7 cm³/mol. The molecule has 2 heterocycles. The highest BCUT2D eigenvalue weighted by Crippen LogP contribution is 2.35. The van der Waals surface area contributed by atoms with E-state index < -0.39 is 0 Å². The van der Waals surface area contributed by atoms with Gasteiger partial charge in [0.1, 0.15) is 0 Å². The maximum absolute atomic E-state index is 4.82. The zero-order valence-electron chi connectivity index (χ0n) is 12.7. The number of aromatic amines is 1. The molecule has 1 aliphatic carbocycles. The lowest BCUT2D eigenvalue weighted by molar-refractivity contribution is -0.365. The van der Waals surface area contributed by atoms with Gasteiger partial charge in [0.15, 0.2) is 5.69 Å². The van der Waals surface area contributed by atoms with Crippen molar-refractivity contribution in [3.05, 3.63) is 57.4 Å². The van der Waals surface area contributed by atoms with Gasteiger partial charge in [0, 0.05) is 16.0 Å². The smallest absolute Gasteiger partial charge is 0.248 e. The topological polar surface area (TPSA) is 39.1 Å². The van der Waals surface area contributed by atoms with Gasteiger partial charge in [-0.15, -0.1) is 11.3 Å². The van der Waals surface area contributed by atoms with E-state index in [1.807, 2.05) is 11.3 Å². The van der Waals surface area contributed by atoms with Crippen LogP contribution in [-0.2, 0) is 12.8 Å². The van der Waals surface area contributed by atoms with E-state index in [0.29, 0.717) is 0 Å². The summed E-state index contributed by atoms with van der Waals surface area (Å²) in [6.45, 7) is 4.22. The number of thiophene rings is 1. The first-order valence-electron chi connectivity index (χ1n) is 7.53. The summed E-state index contributed by atoms with van der Waals surface area (Å²) in [5.41, 5.74) is 7.29. The average Bonchev–Trinajstić information content (AvgIpc) is 2.95. The fourth-order valence-electron chi connectivity index (χ4n) is 3.10. The molecular weight excluding hydrogens is 290 g/mol. The van der Waals surface area contributed by atoms with Gasteiger partial charge in [-0.3, -0.25) is 0 Å². The average molecular weight is 308 g/mol. The Kier molecular flexibility index (Phi) is 3.19. The quantitative estimate of drug-likeness (QED) is 0.774. The first-order chi connectivity index (χ1) is 10.7. The lowest BCUT2D eigenvalue weighted by atomic mass is 9.96. The van der Waals surface area contributed by atoms with Crippen molar-refractivity contribution >= 4 is 23.0 Å². The molecule has 0 fully saturated rings. The van der Waals surface area contributed by atoms with Crippen LogP contribution in [0.3, 0.4) is 0 Å². The summed E-state index contributed by atoms with van der Waals surface area (Å²) >= 11 is 1.83. The molecule has 4 heteroatoms. The normalized spacial score (nSPS) is 12.6. The molecule has 3 aromatic rings. The molecule has 0 atom stereocenters. The first-order valence-corrected chi connectivity index (χ1v) is 8.41. The van der Waals surface area contributed by atoms with Gasteiger partial charge in [0.2, 0.25) is 0 Å². The van der Waals surface area contributed by atoms with E-state index in [4.69, 9.17) is 4.98 Å². The SMILES string of the molecule is Cc1cc(C)cc(Nc2nc3c(c[nH+]2)CCc2sccc2-3)c1. The molecular formula is C18H18N3S+. The monoisotopic (exact) mass is 308 g/mol. The molecule has 0 saturated heterocycles. The molecule has 0 saturated carbocycles. The largest absolute Gasteiger partial charge is 0.394 e. The second-order valence-electron chi connectivity index (χ2n) is 5.88. The van der Waals surface area contributed by atoms with E-state index in [1.54, 1.807) is 0 Å². The number of nitrogens with zero attached hydrogens (tertiary/aromatic N) is 1. The van der Waals surface area contributed by atoms with Crippen molar-refractivity contribution in [2.75, 3.05) is 5.32 Å². The molecule has 2 N–H and O–H groups in total. The van der Waals surface area contributed by atoms with Crippen LogP contribution < -0.4 is 10.3 Å². The summed E-state index contributed by atoms with van der Waals surface area (Å²) < 4.78 is 0. The van der Waals surface area contributed by atoms with Gasteiger partial charge in [0.25, 0.3) is 0 Å². The van der Waals surface area contributed by atoms with E-state index in [1.165, 1.54) is 27.1 Å². The second-order valence-corrected chi connectivity index (χ2v) is 6.88. The number of H-pyrrole nitrogens is 1. The molecule has 0 unspecified atom stereocenters. The molecule has 22 heavy (non-hydrogen) atoms. The number of hydrogen-bond acceptors (Lipinski definition) is 3. The zero-order chi connectivity index (χ0) is 15.1. The maximum Gasteiger partial charge on any atom is 0.394 e. The molecule has 1 aromatic carbocycles. The fourth-order valence-corrected chi connectivity index (χ4v) is 3.98. The lowest BCUT2D eigenvalue weighted by Crippen LogP contribution is -2.17. The van der Waals surface area contributed by atoms with E-state index in [2.05, 4.69) is 60.0 Å². The van der Waals surface area contributed by atoms with Gasteiger partial charge in [-0.1, -0.05) is 11.1 Å². The summed E-state index contributed by atoms with van der Waals surface area (Å²) in [7, 11) is 0. The van der Waals surface area contributed by atoms with Crippen molar-refractivity contribution in [1.82, 2.24) is 4.98 Å². The fraction of sp³-hybridized carbons (Fsp3) is 0.222. The molecule has 0 amide bonds. The van der Waals surface area contributed by atoms with Crippen molar-refractivity contribution in [3.8, 4) is 11.3 Å². The Morgan fingerprint density at radius 3 is 2.77 bits per heavy atom. The highest BCUT2D eigenvalue weighted by atomic mass is 32.1. The van der Waals surface area contributed by atoms with Gasteiger partial charge in [-0.05, 0) is 61.4 Å². The van der Waals surface area contributed by atoms with Crippen LogP contribution in [0.1, 0.15) is 21.6 Å². The summed E-state index contributed by atoms with van der Waals surface area (Å²) in [6, 6.07) is 8.63. The minimum Gasteiger partial charge on any atom is -0.248 e.